The van der Waals surface area contributed by atoms with Crippen molar-refractivity contribution < 1.29 is 14.8 Å². The van der Waals surface area contributed by atoms with Crippen LogP contribution in [0.4, 0.5) is 5.69 Å². The van der Waals surface area contributed by atoms with E-state index in [1.807, 2.05) is 6.07 Å². The number of aliphatic hydroxyl groups excluding tert-OH is 1. The first kappa shape index (κ1) is 16.5. The monoisotopic (exact) mass is 312 g/mol. The fraction of sp³-hybridized carbons (Fsp3) is 0.235. The molecule has 0 amide bonds. The van der Waals surface area contributed by atoms with E-state index in [4.69, 9.17) is 10.00 Å². The second kappa shape index (κ2) is 6.90. The molecule has 0 aliphatic carbocycles. The van der Waals surface area contributed by atoms with Gasteiger partial charge in [-0.15, -0.1) is 0 Å². The molecule has 2 aromatic carbocycles. The molecule has 0 fully saturated rings. The molecule has 0 bridgehead atoms. The summed E-state index contributed by atoms with van der Waals surface area (Å²) < 4.78 is 5.59. The van der Waals surface area contributed by atoms with Gasteiger partial charge in [-0.3, -0.25) is 10.1 Å². The molecule has 23 heavy (non-hydrogen) atoms. The number of ether oxygens (including phenoxy) is 1. The number of aliphatic hydroxyl groups is 1. The minimum Gasteiger partial charge on any atom is -0.490 e. The number of nitriles is 1. The Kier molecular flexibility index (Phi) is 4.94. The van der Waals surface area contributed by atoms with Gasteiger partial charge in [0.15, 0.2) is 0 Å². The second-order valence-electron chi connectivity index (χ2n) is 5.22. The number of hydrogen-bond donors (Lipinski definition) is 1. The van der Waals surface area contributed by atoms with Gasteiger partial charge in [-0.2, -0.15) is 5.26 Å². The van der Waals surface area contributed by atoms with Gasteiger partial charge in [-0.05, 0) is 43.2 Å². The van der Waals surface area contributed by atoms with Gasteiger partial charge in [0.25, 0.3) is 5.69 Å². The van der Waals surface area contributed by atoms with Crippen molar-refractivity contribution in [2.24, 2.45) is 0 Å². The summed E-state index contributed by atoms with van der Waals surface area (Å²) in [5, 5.41) is 29.8. The SMILES string of the molecule is Cc1cc([N+](=O)[O-])c(C)cc1OCC(O)c1ccc(C#N)cc1. The van der Waals surface area contributed by atoms with E-state index in [2.05, 4.69) is 0 Å². The fourth-order valence-corrected chi connectivity index (χ4v) is 2.17. The molecule has 0 aliphatic heterocycles. The number of nitro groups is 1. The highest BCUT2D eigenvalue weighted by molar-refractivity contribution is 5.49. The highest BCUT2D eigenvalue weighted by Gasteiger charge is 2.15. The molecule has 0 aliphatic rings. The molecule has 0 spiro atoms. The van der Waals surface area contributed by atoms with Gasteiger partial charge in [0.1, 0.15) is 18.5 Å². The van der Waals surface area contributed by atoms with Crippen LogP contribution in [0.2, 0.25) is 0 Å². The molecule has 118 valence electrons. The third-order valence-electron chi connectivity index (χ3n) is 3.51. The standard InChI is InChI=1S/C17H16N2O4/c1-11-8-17(12(2)7-15(11)19(21)22)23-10-16(20)14-5-3-13(9-18)4-6-14/h3-8,16,20H,10H2,1-2H3. The van der Waals surface area contributed by atoms with Crippen LogP contribution in [0.25, 0.3) is 0 Å². The van der Waals surface area contributed by atoms with E-state index < -0.39 is 11.0 Å². The van der Waals surface area contributed by atoms with Crippen molar-refractivity contribution >= 4 is 5.69 Å². The molecule has 0 saturated heterocycles. The molecule has 1 atom stereocenters. The Morgan fingerprint density at radius 3 is 2.48 bits per heavy atom. The molecule has 1 unspecified atom stereocenters. The summed E-state index contributed by atoms with van der Waals surface area (Å²) in [4.78, 5) is 10.5. The number of rotatable bonds is 5. The van der Waals surface area contributed by atoms with Gasteiger partial charge in [-0.25, -0.2) is 0 Å². The highest BCUT2D eigenvalue weighted by atomic mass is 16.6. The van der Waals surface area contributed by atoms with E-state index in [-0.39, 0.29) is 12.3 Å². The lowest BCUT2D eigenvalue weighted by molar-refractivity contribution is -0.385. The van der Waals surface area contributed by atoms with E-state index in [9.17, 15) is 15.2 Å². The van der Waals surface area contributed by atoms with E-state index in [0.29, 0.717) is 28.0 Å². The van der Waals surface area contributed by atoms with E-state index in [0.717, 1.165) is 0 Å². The van der Waals surface area contributed by atoms with Gasteiger partial charge >= 0.3 is 0 Å². The minimum atomic E-state index is -0.849. The molecule has 1 N–H and O–H groups in total. The first-order valence-electron chi connectivity index (χ1n) is 6.99. The van der Waals surface area contributed by atoms with Crippen molar-refractivity contribution in [2.75, 3.05) is 6.61 Å². The number of nitro benzene ring substituents is 1. The molecule has 2 rings (SSSR count). The normalized spacial score (nSPS) is 11.6. The first-order valence-corrected chi connectivity index (χ1v) is 6.99. The van der Waals surface area contributed by atoms with Crippen molar-refractivity contribution in [3.05, 3.63) is 68.8 Å². The van der Waals surface area contributed by atoms with Crippen LogP contribution in [-0.4, -0.2) is 16.6 Å². The smallest absolute Gasteiger partial charge is 0.272 e. The average Bonchev–Trinajstić information content (AvgIpc) is 2.54. The quantitative estimate of drug-likeness (QED) is 0.675. The van der Waals surface area contributed by atoms with Crippen LogP contribution in [0.15, 0.2) is 36.4 Å². The summed E-state index contributed by atoms with van der Waals surface area (Å²) in [6, 6.07) is 11.6. The third-order valence-corrected chi connectivity index (χ3v) is 3.51. The van der Waals surface area contributed by atoms with Crippen molar-refractivity contribution in [1.29, 1.82) is 5.26 Å². The van der Waals surface area contributed by atoms with E-state index in [1.54, 1.807) is 44.2 Å². The number of hydrogen-bond acceptors (Lipinski definition) is 5. The van der Waals surface area contributed by atoms with Crippen LogP contribution in [0, 0.1) is 35.3 Å². The molecule has 0 heterocycles. The van der Waals surface area contributed by atoms with E-state index in [1.165, 1.54) is 6.07 Å². The van der Waals surface area contributed by atoms with Gasteiger partial charge < -0.3 is 9.84 Å². The van der Waals surface area contributed by atoms with Crippen LogP contribution < -0.4 is 4.74 Å². The van der Waals surface area contributed by atoms with Crippen LogP contribution in [0.1, 0.15) is 28.4 Å². The number of aryl methyl sites for hydroxylation is 2. The molecular weight excluding hydrogens is 296 g/mol. The lowest BCUT2D eigenvalue weighted by Crippen LogP contribution is -2.10. The predicted molar refractivity (Wildman–Crippen MR) is 84.2 cm³/mol. The van der Waals surface area contributed by atoms with Gasteiger partial charge in [0.2, 0.25) is 0 Å². The van der Waals surface area contributed by atoms with Crippen molar-refractivity contribution in [2.45, 2.75) is 20.0 Å². The highest BCUT2D eigenvalue weighted by Crippen LogP contribution is 2.28. The zero-order valence-electron chi connectivity index (χ0n) is 12.8. The lowest BCUT2D eigenvalue weighted by Gasteiger charge is -2.15. The Morgan fingerprint density at radius 1 is 1.26 bits per heavy atom. The summed E-state index contributed by atoms with van der Waals surface area (Å²) in [6.07, 6.45) is -0.849. The van der Waals surface area contributed by atoms with Crippen molar-refractivity contribution in [1.82, 2.24) is 0 Å². The molecule has 6 heteroatoms. The zero-order chi connectivity index (χ0) is 17.0. The van der Waals surface area contributed by atoms with Crippen LogP contribution >= 0.6 is 0 Å². The molecular formula is C17H16N2O4. The Bertz CT molecular complexity index is 763. The summed E-state index contributed by atoms with van der Waals surface area (Å²) in [7, 11) is 0. The van der Waals surface area contributed by atoms with Crippen LogP contribution in [0.5, 0.6) is 5.75 Å². The van der Waals surface area contributed by atoms with Crippen LogP contribution in [-0.2, 0) is 0 Å². The van der Waals surface area contributed by atoms with Crippen molar-refractivity contribution in [3.8, 4) is 11.8 Å². The maximum atomic E-state index is 10.9. The maximum Gasteiger partial charge on any atom is 0.272 e. The summed E-state index contributed by atoms with van der Waals surface area (Å²) in [6.45, 7) is 3.38. The number of nitrogens with zero attached hydrogens (tertiary/aromatic N) is 2. The molecule has 2 aromatic rings. The topological polar surface area (TPSA) is 96.4 Å². The van der Waals surface area contributed by atoms with Crippen molar-refractivity contribution in [3.63, 3.8) is 0 Å². The Morgan fingerprint density at radius 2 is 1.91 bits per heavy atom. The fourth-order valence-electron chi connectivity index (χ4n) is 2.17. The van der Waals surface area contributed by atoms with Gasteiger partial charge in [-0.1, -0.05) is 12.1 Å². The van der Waals surface area contributed by atoms with Gasteiger partial charge in [0.05, 0.1) is 16.6 Å². The van der Waals surface area contributed by atoms with Gasteiger partial charge in [0, 0.05) is 11.6 Å². The Balaban J connectivity index is 2.09. The molecule has 0 radical (unpaired) electrons. The Hall–Kier alpha value is -2.91. The summed E-state index contributed by atoms with van der Waals surface area (Å²) in [5.74, 6) is 0.501. The average molecular weight is 312 g/mol. The zero-order valence-corrected chi connectivity index (χ0v) is 12.8. The minimum absolute atomic E-state index is 0.0178. The van der Waals surface area contributed by atoms with E-state index >= 15 is 0 Å². The lowest BCUT2D eigenvalue weighted by atomic mass is 10.1. The first-order chi connectivity index (χ1) is 10.9. The second-order valence-corrected chi connectivity index (χ2v) is 5.22. The largest absolute Gasteiger partial charge is 0.490 e. The predicted octanol–water partition coefficient (Wildman–Crippen LogP) is 3.20. The molecule has 6 nitrogen and oxygen atoms in total. The molecule has 0 aromatic heterocycles. The Labute approximate surface area is 133 Å². The maximum absolute atomic E-state index is 10.9. The summed E-state index contributed by atoms with van der Waals surface area (Å²) >= 11 is 0. The number of benzene rings is 2. The van der Waals surface area contributed by atoms with Crippen LogP contribution in [0.3, 0.4) is 0 Å². The molecule has 0 saturated carbocycles. The summed E-state index contributed by atoms with van der Waals surface area (Å²) in [5.41, 5.74) is 2.34. The third kappa shape index (κ3) is 3.84.